The van der Waals surface area contributed by atoms with Gasteiger partial charge in [0.25, 0.3) is 0 Å². The molecule has 0 unspecified atom stereocenters. The van der Waals surface area contributed by atoms with E-state index < -0.39 is 39.2 Å². The number of nitrogens with one attached hydrogen (secondary N) is 1. The summed E-state index contributed by atoms with van der Waals surface area (Å²) in [6.45, 7) is -0.362. The third-order valence-electron chi connectivity index (χ3n) is 3.34. The van der Waals surface area contributed by atoms with Crippen molar-refractivity contribution in [3.8, 4) is 0 Å². The SMILES string of the molecule is CS(=O)(=O)N(CCC(=O)Nc1ccc(F)c(F)c1)c1ccc(F)c(F)c1. The predicted octanol–water partition coefficient (Wildman–Crippen LogP) is 3.04. The Hall–Kier alpha value is -2.62. The Morgan fingerprint density at radius 2 is 1.54 bits per heavy atom. The van der Waals surface area contributed by atoms with E-state index in [9.17, 15) is 30.8 Å². The summed E-state index contributed by atoms with van der Waals surface area (Å²) in [5, 5.41) is 2.29. The van der Waals surface area contributed by atoms with Crippen LogP contribution in [0.3, 0.4) is 0 Å². The Morgan fingerprint density at radius 1 is 0.962 bits per heavy atom. The van der Waals surface area contributed by atoms with Gasteiger partial charge in [0.1, 0.15) is 0 Å². The maximum Gasteiger partial charge on any atom is 0.232 e. The van der Waals surface area contributed by atoms with E-state index in [1.54, 1.807) is 0 Å². The molecule has 2 aromatic carbocycles. The van der Waals surface area contributed by atoms with E-state index in [0.717, 1.165) is 40.9 Å². The molecule has 0 bridgehead atoms. The predicted molar refractivity (Wildman–Crippen MR) is 88.2 cm³/mol. The van der Waals surface area contributed by atoms with Gasteiger partial charge in [0.2, 0.25) is 15.9 Å². The first-order valence-corrected chi connectivity index (χ1v) is 9.10. The molecule has 0 aliphatic heterocycles. The highest BCUT2D eigenvalue weighted by atomic mass is 32.2. The van der Waals surface area contributed by atoms with Gasteiger partial charge in [-0.1, -0.05) is 0 Å². The molecule has 26 heavy (non-hydrogen) atoms. The zero-order valence-electron chi connectivity index (χ0n) is 13.5. The highest BCUT2D eigenvalue weighted by Gasteiger charge is 2.20. The van der Waals surface area contributed by atoms with E-state index in [1.165, 1.54) is 0 Å². The van der Waals surface area contributed by atoms with Crippen molar-refractivity contribution in [2.24, 2.45) is 0 Å². The molecule has 2 aromatic rings. The molecule has 0 spiro atoms. The van der Waals surface area contributed by atoms with Crippen LogP contribution in [0.5, 0.6) is 0 Å². The van der Waals surface area contributed by atoms with Crippen LogP contribution in [0.2, 0.25) is 0 Å². The van der Waals surface area contributed by atoms with Crippen molar-refractivity contribution < 1.29 is 30.8 Å². The molecule has 0 radical (unpaired) electrons. The van der Waals surface area contributed by atoms with E-state index in [-0.39, 0.29) is 24.3 Å². The first kappa shape index (κ1) is 19.7. The van der Waals surface area contributed by atoms with Crippen molar-refractivity contribution in [3.05, 3.63) is 59.7 Å². The summed E-state index contributed by atoms with van der Waals surface area (Å²) >= 11 is 0. The minimum Gasteiger partial charge on any atom is -0.326 e. The molecule has 0 fully saturated rings. The topological polar surface area (TPSA) is 66.5 Å². The van der Waals surface area contributed by atoms with Crippen LogP contribution in [-0.4, -0.2) is 27.1 Å². The van der Waals surface area contributed by atoms with Gasteiger partial charge < -0.3 is 5.32 Å². The molecule has 5 nitrogen and oxygen atoms in total. The van der Waals surface area contributed by atoms with Crippen LogP contribution in [0, 0.1) is 23.3 Å². The molecule has 0 saturated heterocycles. The minimum atomic E-state index is -3.87. The lowest BCUT2D eigenvalue weighted by atomic mass is 10.2. The van der Waals surface area contributed by atoms with Crippen LogP contribution in [0.1, 0.15) is 6.42 Å². The third kappa shape index (κ3) is 4.94. The molecule has 0 aliphatic rings. The summed E-state index contributed by atoms with van der Waals surface area (Å²) in [5.74, 6) is -5.28. The Morgan fingerprint density at radius 3 is 2.08 bits per heavy atom. The summed E-state index contributed by atoms with van der Waals surface area (Å²) < 4.78 is 76.8. The number of amides is 1. The number of halogens is 4. The fraction of sp³-hybridized carbons (Fsp3) is 0.188. The largest absolute Gasteiger partial charge is 0.326 e. The van der Waals surface area contributed by atoms with Crippen molar-refractivity contribution in [1.82, 2.24) is 0 Å². The number of carbonyl (C=O) groups excluding carboxylic acids is 1. The summed E-state index contributed by atoms with van der Waals surface area (Å²) in [5.41, 5.74) is -0.153. The molecule has 0 atom stereocenters. The van der Waals surface area contributed by atoms with Crippen LogP contribution in [0.25, 0.3) is 0 Å². The first-order chi connectivity index (χ1) is 12.1. The summed E-state index contributed by atoms with van der Waals surface area (Å²) in [6.07, 6.45) is 0.493. The van der Waals surface area contributed by atoms with Crippen molar-refractivity contribution in [2.75, 3.05) is 22.4 Å². The quantitative estimate of drug-likeness (QED) is 0.771. The maximum absolute atomic E-state index is 13.3. The molecule has 2 rings (SSSR count). The van der Waals surface area contributed by atoms with Crippen molar-refractivity contribution >= 4 is 27.3 Å². The molecule has 1 amide bonds. The van der Waals surface area contributed by atoms with Gasteiger partial charge in [-0.25, -0.2) is 26.0 Å². The highest BCUT2D eigenvalue weighted by Crippen LogP contribution is 2.21. The van der Waals surface area contributed by atoms with Crippen LogP contribution < -0.4 is 9.62 Å². The number of rotatable bonds is 6. The van der Waals surface area contributed by atoms with Crippen LogP contribution in [0.4, 0.5) is 28.9 Å². The van der Waals surface area contributed by atoms with Crippen LogP contribution in [0.15, 0.2) is 36.4 Å². The zero-order chi connectivity index (χ0) is 19.5. The van der Waals surface area contributed by atoms with E-state index in [0.29, 0.717) is 6.07 Å². The van der Waals surface area contributed by atoms with Crippen molar-refractivity contribution in [3.63, 3.8) is 0 Å². The van der Waals surface area contributed by atoms with Crippen LogP contribution >= 0.6 is 0 Å². The van der Waals surface area contributed by atoms with Gasteiger partial charge in [-0.05, 0) is 24.3 Å². The number of hydrogen-bond acceptors (Lipinski definition) is 3. The minimum absolute atomic E-state index is 0.00682. The second-order valence-electron chi connectivity index (χ2n) is 5.36. The summed E-state index contributed by atoms with van der Waals surface area (Å²) in [4.78, 5) is 11.9. The fourth-order valence-corrected chi connectivity index (χ4v) is 3.05. The third-order valence-corrected chi connectivity index (χ3v) is 4.53. The molecular formula is C16H14F4N2O3S. The molecular weight excluding hydrogens is 376 g/mol. The van der Waals surface area contributed by atoms with Crippen LogP contribution in [-0.2, 0) is 14.8 Å². The Balaban J connectivity index is 2.10. The zero-order valence-corrected chi connectivity index (χ0v) is 14.3. The number of benzene rings is 2. The lowest BCUT2D eigenvalue weighted by molar-refractivity contribution is -0.116. The Labute approximate surface area is 147 Å². The molecule has 0 aromatic heterocycles. The molecule has 0 aliphatic carbocycles. The normalized spacial score (nSPS) is 11.3. The molecule has 0 heterocycles. The second-order valence-corrected chi connectivity index (χ2v) is 7.27. The average molecular weight is 390 g/mol. The van der Waals surface area contributed by atoms with Crippen molar-refractivity contribution in [1.29, 1.82) is 0 Å². The monoisotopic (exact) mass is 390 g/mol. The van der Waals surface area contributed by atoms with Gasteiger partial charge in [0.15, 0.2) is 23.3 Å². The Kier molecular flexibility index (Phi) is 5.86. The summed E-state index contributed by atoms with van der Waals surface area (Å²) in [6, 6.07) is 5.27. The first-order valence-electron chi connectivity index (χ1n) is 7.25. The number of nitrogens with zero attached hydrogens (tertiary/aromatic N) is 1. The Bertz CT molecular complexity index is 935. The van der Waals surface area contributed by atoms with Gasteiger partial charge in [-0.3, -0.25) is 9.10 Å². The van der Waals surface area contributed by atoms with E-state index in [1.807, 2.05) is 0 Å². The molecule has 0 saturated carbocycles. The van der Waals surface area contributed by atoms with Gasteiger partial charge >= 0.3 is 0 Å². The molecule has 10 heteroatoms. The molecule has 140 valence electrons. The lowest BCUT2D eigenvalue weighted by Crippen LogP contribution is -2.33. The smallest absolute Gasteiger partial charge is 0.232 e. The standard InChI is InChI=1S/C16H14F4N2O3S/c1-26(24,25)22(11-3-5-13(18)15(20)9-11)7-6-16(23)21-10-2-4-12(17)14(19)8-10/h2-5,8-9H,6-7H2,1H3,(H,21,23). The van der Waals surface area contributed by atoms with Gasteiger partial charge in [0, 0.05) is 30.8 Å². The fourth-order valence-electron chi connectivity index (χ4n) is 2.13. The van der Waals surface area contributed by atoms with Gasteiger partial charge in [-0.2, -0.15) is 0 Å². The number of anilines is 2. The average Bonchev–Trinajstić information content (AvgIpc) is 2.53. The van der Waals surface area contributed by atoms with E-state index in [4.69, 9.17) is 0 Å². The van der Waals surface area contributed by atoms with Crippen molar-refractivity contribution in [2.45, 2.75) is 6.42 Å². The second kappa shape index (κ2) is 7.73. The van der Waals surface area contributed by atoms with Gasteiger partial charge in [0.05, 0.1) is 11.9 Å². The highest BCUT2D eigenvalue weighted by molar-refractivity contribution is 7.92. The number of sulfonamides is 1. The number of hydrogen-bond donors (Lipinski definition) is 1. The van der Waals surface area contributed by atoms with Gasteiger partial charge in [-0.15, -0.1) is 0 Å². The lowest BCUT2D eigenvalue weighted by Gasteiger charge is -2.22. The number of carbonyl (C=O) groups is 1. The van der Waals surface area contributed by atoms with E-state index in [2.05, 4.69) is 5.32 Å². The molecule has 1 N–H and O–H groups in total. The maximum atomic E-state index is 13.3. The van der Waals surface area contributed by atoms with E-state index >= 15 is 0 Å². The summed E-state index contributed by atoms with van der Waals surface area (Å²) in [7, 11) is -3.87.